The summed E-state index contributed by atoms with van der Waals surface area (Å²) in [6, 6.07) is 9.65. The van der Waals surface area contributed by atoms with Crippen LogP contribution in [0, 0.1) is 23.5 Å². The SMILES string of the molecule is O=C(NCC#Cc1ccc(F)cc1)c1c(F)cccc1Cl. The number of carbonyl (C=O) groups is 1. The second kappa shape index (κ2) is 6.87. The zero-order valence-electron chi connectivity index (χ0n) is 10.8. The first-order chi connectivity index (χ1) is 10.1. The minimum atomic E-state index is -0.688. The van der Waals surface area contributed by atoms with Crippen LogP contribution < -0.4 is 5.32 Å². The van der Waals surface area contributed by atoms with Gasteiger partial charge >= 0.3 is 0 Å². The summed E-state index contributed by atoms with van der Waals surface area (Å²) in [5.74, 6) is 3.77. The molecule has 2 rings (SSSR count). The van der Waals surface area contributed by atoms with Gasteiger partial charge in [-0.1, -0.05) is 29.5 Å². The van der Waals surface area contributed by atoms with Crippen molar-refractivity contribution < 1.29 is 13.6 Å². The lowest BCUT2D eigenvalue weighted by Gasteiger charge is -2.04. The first-order valence-electron chi connectivity index (χ1n) is 6.04. The molecule has 21 heavy (non-hydrogen) atoms. The summed E-state index contributed by atoms with van der Waals surface area (Å²) in [6.07, 6.45) is 0. The van der Waals surface area contributed by atoms with Gasteiger partial charge in [-0.15, -0.1) is 0 Å². The summed E-state index contributed by atoms with van der Waals surface area (Å²) in [6.45, 7) is 0.0286. The maximum atomic E-state index is 13.5. The highest BCUT2D eigenvalue weighted by Crippen LogP contribution is 2.18. The minimum Gasteiger partial charge on any atom is -0.341 e. The van der Waals surface area contributed by atoms with Crippen LogP contribution in [0.15, 0.2) is 42.5 Å². The second-order valence-corrected chi connectivity index (χ2v) is 4.50. The van der Waals surface area contributed by atoms with Gasteiger partial charge in [0, 0.05) is 5.56 Å². The quantitative estimate of drug-likeness (QED) is 0.847. The number of amides is 1. The number of hydrogen-bond acceptors (Lipinski definition) is 1. The number of hydrogen-bond donors (Lipinski definition) is 1. The molecule has 0 aliphatic heterocycles. The van der Waals surface area contributed by atoms with Crippen LogP contribution >= 0.6 is 11.6 Å². The normalized spacial score (nSPS) is 9.67. The lowest BCUT2D eigenvalue weighted by molar-refractivity contribution is 0.0955. The monoisotopic (exact) mass is 305 g/mol. The van der Waals surface area contributed by atoms with Crippen LogP contribution in [0.3, 0.4) is 0 Å². The van der Waals surface area contributed by atoms with Gasteiger partial charge in [0.1, 0.15) is 11.6 Å². The van der Waals surface area contributed by atoms with E-state index in [1.807, 2.05) is 0 Å². The Balaban J connectivity index is 1.98. The summed E-state index contributed by atoms with van der Waals surface area (Å²) >= 11 is 5.78. The lowest BCUT2D eigenvalue weighted by Crippen LogP contribution is -2.25. The molecule has 0 saturated heterocycles. The van der Waals surface area contributed by atoms with Gasteiger partial charge in [0.05, 0.1) is 17.1 Å². The zero-order chi connectivity index (χ0) is 15.2. The Morgan fingerprint density at radius 2 is 1.86 bits per heavy atom. The van der Waals surface area contributed by atoms with Crippen molar-refractivity contribution in [1.29, 1.82) is 0 Å². The van der Waals surface area contributed by atoms with E-state index in [0.717, 1.165) is 6.07 Å². The molecule has 0 unspecified atom stereocenters. The van der Waals surface area contributed by atoms with Crippen LogP contribution in [-0.4, -0.2) is 12.5 Å². The van der Waals surface area contributed by atoms with Gasteiger partial charge in [-0.3, -0.25) is 4.79 Å². The molecule has 0 spiro atoms. The largest absolute Gasteiger partial charge is 0.341 e. The fourth-order valence-corrected chi connectivity index (χ4v) is 1.86. The van der Waals surface area contributed by atoms with E-state index in [4.69, 9.17) is 11.6 Å². The molecular weight excluding hydrogens is 296 g/mol. The molecule has 1 N–H and O–H groups in total. The molecule has 0 heterocycles. The molecular formula is C16H10ClF2NO. The molecule has 2 aromatic rings. The number of nitrogens with one attached hydrogen (secondary N) is 1. The van der Waals surface area contributed by atoms with E-state index in [9.17, 15) is 13.6 Å². The van der Waals surface area contributed by atoms with Crippen molar-refractivity contribution in [2.45, 2.75) is 0 Å². The maximum absolute atomic E-state index is 13.5. The molecule has 0 fully saturated rings. The van der Waals surface area contributed by atoms with E-state index >= 15 is 0 Å². The maximum Gasteiger partial charge on any atom is 0.256 e. The van der Waals surface area contributed by atoms with Crippen LogP contribution in [-0.2, 0) is 0 Å². The zero-order valence-corrected chi connectivity index (χ0v) is 11.5. The van der Waals surface area contributed by atoms with Crippen molar-refractivity contribution in [3.63, 3.8) is 0 Å². The minimum absolute atomic E-state index is 0.0286. The molecule has 5 heteroatoms. The van der Waals surface area contributed by atoms with E-state index in [1.54, 1.807) is 0 Å². The Hall–Kier alpha value is -2.38. The summed E-state index contributed by atoms with van der Waals surface area (Å²) in [5, 5.41) is 2.49. The Morgan fingerprint density at radius 3 is 2.52 bits per heavy atom. The van der Waals surface area contributed by atoms with E-state index in [-0.39, 0.29) is 22.9 Å². The fraction of sp³-hybridized carbons (Fsp3) is 0.0625. The number of benzene rings is 2. The average molecular weight is 306 g/mol. The second-order valence-electron chi connectivity index (χ2n) is 4.09. The Bertz CT molecular complexity index is 697. The third-order valence-electron chi connectivity index (χ3n) is 2.60. The van der Waals surface area contributed by atoms with Crippen molar-refractivity contribution in [3.8, 4) is 11.8 Å². The molecule has 0 aliphatic carbocycles. The van der Waals surface area contributed by atoms with Crippen LogP contribution in [0.4, 0.5) is 8.78 Å². The lowest BCUT2D eigenvalue weighted by atomic mass is 10.2. The number of rotatable bonds is 2. The van der Waals surface area contributed by atoms with Gasteiger partial charge in [0.2, 0.25) is 0 Å². The first-order valence-corrected chi connectivity index (χ1v) is 6.42. The van der Waals surface area contributed by atoms with Crippen molar-refractivity contribution in [3.05, 3.63) is 70.2 Å². The molecule has 2 nitrogen and oxygen atoms in total. The average Bonchev–Trinajstić information content (AvgIpc) is 2.45. The van der Waals surface area contributed by atoms with E-state index < -0.39 is 11.7 Å². The van der Waals surface area contributed by atoms with Crippen molar-refractivity contribution >= 4 is 17.5 Å². The highest BCUT2D eigenvalue weighted by Gasteiger charge is 2.14. The van der Waals surface area contributed by atoms with E-state index in [0.29, 0.717) is 5.56 Å². The fourth-order valence-electron chi connectivity index (χ4n) is 1.61. The first kappa shape index (κ1) is 15.0. The van der Waals surface area contributed by atoms with Crippen molar-refractivity contribution in [1.82, 2.24) is 5.32 Å². The Morgan fingerprint density at radius 1 is 1.14 bits per heavy atom. The molecule has 1 amide bonds. The summed E-state index contributed by atoms with van der Waals surface area (Å²) in [7, 11) is 0. The van der Waals surface area contributed by atoms with Crippen LogP contribution in [0.5, 0.6) is 0 Å². The molecule has 0 atom stereocenters. The van der Waals surface area contributed by atoms with E-state index in [2.05, 4.69) is 17.2 Å². The van der Waals surface area contributed by atoms with Crippen LogP contribution in [0.25, 0.3) is 0 Å². The molecule has 0 saturated carbocycles. The number of carbonyl (C=O) groups excluding carboxylic acids is 1. The predicted octanol–water partition coefficient (Wildman–Crippen LogP) is 3.40. The van der Waals surface area contributed by atoms with Gasteiger partial charge < -0.3 is 5.32 Å². The standard InChI is InChI=1S/C16H10ClF2NO/c17-13-4-1-5-14(19)15(13)16(21)20-10-2-3-11-6-8-12(18)9-7-11/h1,4-9H,10H2,(H,20,21). The number of halogens is 3. The summed E-state index contributed by atoms with van der Waals surface area (Å²) < 4.78 is 26.2. The van der Waals surface area contributed by atoms with E-state index in [1.165, 1.54) is 36.4 Å². The van der Waals surface area contributed by atoms with Gasteiger partial charge in [0.25, 0.3) is 5.91 Å². The summed E-state index contributed by atoms with van der Waals surface area (Å²) in [5.41, 5.74) is 0.414. The highest BCUT2D eigenvalue weighted by atomic mass is 35.5. The third kappa shape index (κ3) is 4.04. The Kier molecular flexibility index (Phi) is 4.91. The third-order valence-corrected chi connectivity index (χ3v) is 2.92. The molecule has 0 aromatic heterocycles. The molecule has 0 aliphatic rings. The predicted molar refractivity (Wildman–Crippen MR) is 77.0 cm³/mol. The van der Waals surface area contributed by atoms with Gasteiger partial charge in [-0.25, -0.2) is 8.78 Å². The van der Waals surface area contributed by atoms with Crippen LogP contribution in [0.1, 0.15) is 15.9 Å². The van der Waals surface area contributed by atoms with Crippen molar-refractivity contribution in [2.24, 2.45) is 0 Å². The van der Waals surface area contributed by atoms with Gasteiger partial charge in [-0.05, 0) is 36.4 Å². The summed E-state index contributed by atoms with van der Waals surface area (Å²) in [4.78, 5) is 11.8. The van der Waals surface area contributed by atoms with Crippen LogP contribution in [0.2, 0.25) is 5.02 Å². The Labute approximate surface area is 125 Å². The smallest absolute Gasteiger partial charge is 0.256 e. The van der Waals surface area contributed by atoms with Gasteiger partial charge in [0.15, 0.2) is 0 Å². The van der Waals surface area contributed by atoms with Gasteiger partial charge in [-0.2, -0.15) is 0 Å². The molecule has 0 bridgehead atoms. The highest BCUT2D eigenvalue weighted by molar-refractivity contribution is 6.33. The molecule has 106 valence electrons. The van der Waals surface area contributed by atoms with Crippen molar-refractivity contribution in [2.75, 3.05) is 6.54 Å². The topological polar surface area (TPSA) is 29.1 Å². The molecule has 0 radical (unpaired) electrons. The molecule has 2 aromatic carbocycles.